The molecule has 0 aliphatic carbocycles. The summed E-state index contributed by atoms with van der Waals surface area (Å²) >= 11 is 0. The van der Waals surface area contributed by atoms with Crippen LogP contribution in [0.25, 0.3) is 0 Å². The molecule has 0 amide bonds. The van der Waals surface area contributed by atoms with E-state index in [-0.39, 0.29) is 0 Å². The number of methoxy groups -OCH3 is 1. The minimum atomic E-state index is 0.628. The van der Waals surface area contributed by atoms with E-state index in [0.717, 1.165) is 30.9 Å². The lowest BCUT2D eigenvalue weighted by molar-refractivity contribution is 0.224. The van der Waals surface area contributed by atoms with Crippen LogP contribution in [0.4, 0.5) is 0 Å². The summed E-state index contributed by atoms with van der Waals surface area (Å²) < 4.78 is 11.4. The normalized spacial score (nSPS) is 12.2. The standard InChI is InChI=1S/C17H29NO2/c1-4-6-7-14(5-2)13-20-16-9-8-15(10-11-18)12-17(16)19-3/h8-9,12,14H,4-7,10-11,13,18H2,1-3H3. The molecule has 0 aromatic heterocycles. The van der Waals surface area contributed by atoms with Crippen molar-refractivity contribution in [3.63, 3.8) is 0 Å². The quantitative estimate of drug-likeness (QED) is 0.708. The van der Waals surface area contributed by atoms with Gasteiger partial charge in [-0.25, -0.2) is 0 Å². The van der Waals surface area contributed by atoms with E-state index >= 15 is 0 Å². The second kappa shape index (κ2) is 9.65. The number of hydrogen-bond donors (Lipinski definition) is 1. The van der Waals surface area contributed by atoms with Crippen molar-refractivity contribution >= 4 is 0 Å². The van der Waals surface area contributed by atoms with Gasteiger partial charge in [-0.3, -0.25) is 0 Å². The molecular weight excluding hydrogens is 250 g/mol. The van der Waals surface area contributed by atoms with Crippen LogP contribution in [-0.2, 0) is 6.42 Å². The van der Waals surface area contributed by atoms with Gasteiger partial charge in [0.1, 0.15) is 0 Å². The Kier molecular flexibility index (Phi) is 8.12. The lowest BCUT2D eigenvalue weighted by Crippen LogP contribution is -2.12. The Morgan fingerprint density at radius 1 is 1.20 bits per heavy atom. The van der Waals surface area contributed by atoms with Gasteiger partial charge in [0.15, 0.2) is 11.5 Å². The molecule has 0 saturated carbocycles. The predicted molar refractivity (Wildman–Crippen MR) is 84.6 cm³/mol. The van der Waals surface area contributed by atoms with Crippen molar-refractivity contribution in [2.45, 2.75) is 46.0 Å². The van der Waals surface area contributed by atoms with Gasteiger partial charge in [0.05, 0.1) is 13.7 Å². The maximum atomic E-state index is 5.96. The third-order valence-electron chi connectivity index (χ3n) is 3.68. The molecule has 3 nitrogen and oxygen atoms in total. The minimum Gasteiger partial charge on any atom is -0.493 e. The highest BCUT2D eigenvalue weighted by Crippen LogP contribution is 2.29. The fraction of sp³-hybridized carbons (Fsp3) is 0.647. The molecule has 114 valence electrons. The van der Waals surface area contributed by atoms with Crippen LogP contribution in [0.15, 0.2) is 18.2 Å². The smallest absolute Gasteiger partial charge is 0.161 e. The first-order valence-electron chi connectivity index (χ1n) is 7.74. The highest BCUT2D eigenvalue weighted by atomic mass is 16.5. The average Bonchev–Trinajstić information content (AvgIpc) is 2.48. The van der Waals surface area contributed by atoms with Gasteiger partial charge in [0.2, 0.25) is 0 Å². The van der Waals surface area contributed by atoms with Crippen molar-refractivity contribution < 1.29 is 9.47 Å². The lowest BCUT2D eigenvalue weighted by Gasteiger charge is -2.17. The molecule has 0 saturated heterocycles. The van der Waals surface area contributed by atoms with E-state index in [0.29, 0.717) is 12.5 Å². The SMILES string of the molecule is CCCCC(CC)COc1ccc(CCN)cc1OC. The summed E-state index contributed by atoms with van der Waals surface area (Å²) in [5, 5.41) is 0. The number of ether oxygens (including phenoxy) is 2. The van der Waals surface area contributed by atoms with Gasteiger partial charge in [0, 0.05) is 0 Å². The van der Waals surface area contributed by atoms with Crippen molar-refractivity contribution in [1.82, 2.24) is 0 Å². The molecule has 1 aromatic carbocycles. The Morgan fingerprint density at radius 2 is 2.00 bits per heavy atom. The zero-order valence-corrected chi connectivity index (χ0v) is 13.2. The van der Waals surface area contributed by atoms with Crippen LogP contribution in [0, 0.1) is 5.92 Å². The molecule has 1 rings (SSSR count). The molecule has 1 atom stereocenters. The molecule has 0 aliphatic rings. The van der Waals surface area contributed by atoms with Gasteiger partial charge in [-0.15, -0.1) is 0 Å². The summed E-state index contributed by atoms with van der Waals surface area (Å²) in [6, 6.07) is 6.09. The number of rotatable bonds is 10. The Bertz CT molecular complexity index is 379. The molecular formula is C17H29NO2. The van der Waals surface area contributed by atoms with E-state index in [2.05, 4.69) is 19.9 Å². The third kappa shape index (κ3) is 5.41. The summed E-state index contributed by atoms with van der Waals surface area (Å²) in [7, 11) is 1.68. The van der Waals surface area contributed by atoms with E-state index < -0.39 is 0 Å². The van der Waals surface area contributed by atoms with Gasteiger partial charge in [-0.1, -0.05) is 39.2 Å². The molecule has 0 fully saturated rings. The first kappa shape index (κ1) is 16.8. The number of benzene rings is 1. The number of nitrogens with two attached hydrogens (primary N) is 1. The molecule has 1 unspecified atom stereocenters. The summed E-state index contributed by atoms with van der Waals surface area (Å²) in [6.07, 6.45) is 5.78. The number of hydrogen-bond acceptors (Lipinski definition) is 3. The zero-order valence-electron chi connectivity index (χ0n) is 13.2. The molecule has 0 heterocycles. The Hall–Kier alpha value is -1.22. The van der Waals surface area contributed by atoms with Crippen LogP contribution in [0.5, 0.6) is 11.5 Å². The van der Waals surface area contributed by atoms with Crippen LogP contribution < -0.4 is 15.2 Å². The fourth-order valence-electron chi connectivity index (χ4n) is 2.26. The summed E-state index contributed by atoms with van der Waals surface area (Å²) in [4.78, 5) is 0. The van der Waals surface area contributed by atoms with Crippen molar-refractivity contribution in [1.29, 1.82) is 0 Å². The average molecular weight is 279 g/mol. The van der Waals surface area contributed by atoms with Crippen LogP contribution in [0.1, 0.15) is 45.1 Å². The topological polar surface area (TPSA) is 44.5 Å². The van der Waals surface area contributed by atoms with Gasteiger partial charge in [-0.2, -0.15) is 0 Å². The lowest BCUT2D eigenvalue weighted by atomic mass is 10.0. The molecule has 0 radical (unpaired) electrons. The first-order valence-corrected chi connectivity index (χ1v) is 7.74. The fourth-order valence-corrected chi connectivity index (χ4v) is 2.26. The minimum absolute atomic E-state index is 0.628. The molecule has 0 spiro atoms. The molecule has 2 N–H and O–H groups in total. The van der Waals surface area contributed by atoms with Crippen LogP contribution in [0.2, 0.25) is 0 Å². The Labute approximate surface area is 123 Å². The maximum absolute atomic E-state index is 5.96. The van der Waals surface area contributed by atoms with Crippen LogP contribution >= 0.6 is 0 Å². The van der Waals surface area contributed by atoms with Crippen molar-refractivity contribution in [2.24, 2.45) is 11.7 Å². The highest BCUT2D eigenvalue weighted by Gasteiger charge is 2.10. The molecule has 20 heavy (non-hydrogen) atoms. The van der Waals surface area contributed by atoms with Crippen LogP contribution in [-0.4, -0.2) is 20.3 Å². The Balaban J connectivity index is 2.61. The molecule has 0 bridgehead atoms. The monoisotopic (exact) mass is 279 g/mol. The van der Waals surface area contributed by atoms with E-state index in [9.17, 15) is 0 Å². The zero-order chi connectivity index (χ0) is 14.8. The van der Waals surface area contributed by atoms with Gasteiger partial charge in [-0.05, 0) is 43.0 Å². The highest BCUT2D eigenvalue weighted by molar-refractivity contribution is 5.43. The largest absolute Gasteiger partial charge is 0.493 e. The Morgan fingerprint density at radius 3 is 2.60 bits per heavy atom. The second-order valence-corrected chi connectivity index (χ2v) is 5.25. The second-order valence-electron chi connectivity index (χ2n) is 5.25. The summed E-state index contributed by atoms with van der Waals surface area (Å²) in [5.41, 5.74) is 6.77. The molecule has 0 aliphatic heterocycles. The van der Waals surface area contributed by atoms with Crippen molar-refractivity contribution in [3.05, 3.63) is 23.8 Å². The predicted octanol–water partition coefficient (Wildman–Crippen LogP) is 3.79. The van der Waals surface area contributed by atoms with Gasteiger partial charge < -0.3 is 15.2 Å². The van der Waals surface area contributed by atoms with Gasteiger partial charge >= 0.3 is 0 Å². The first-order chi connectivity index (χ1) is 9.74. The van der Waals surface area contributed by atoms with E-state index in [1.54, 1.807) is 7.11 Å². The number of unbranched alkanes of at least 4 members (excludes halogenated alkanes) is 1. The van der Waals surface area contributed by atoms with E-state index in [1.807, 2.05) is 12.1 Å². The summed E-state index contributed by atoms with van der Waals surface area (Å²) in [5.74, 6) is 2.27. The van der Waals surface area contributed by atoms with Crippen LogP contribution in [0.3, 0.4) is 0 Å². The molecule has 3 heteroatoms. The van der Waals surface area contributed by atoms with E-state index in [4.69, 9.17) is 15.2 Å². The molecule has 1 aromatic rings. The van der Waals surface area contributed by atoms with Crippen molar-refractivity contribution in [2.75, 3.05) is 20.3 Å². The van der Waals surface area contributed by atoms with E-state index in [1.165, 1.54) is 24.8 Å². The third-order valence-corrected chi connectivity index (χ3v) is 3.68. The maximum Gasteiger partial charge on any atom is 0.161 e. The summed E-state index contributed by atoms with van der Waals surface area (Å²) in [6.45, 7) is 5.87. The van der Waals surface area contributed by atoms with Crippen molar-refractivity contribution in [3.8, 4) is 11.5 Å². The van der Waals surface area contributed by atoms with Gasteiger partial charge in [0.25, 0.3) is 0 Å².